The zero-order valence-corrected chi connectivity index (χ0v) is 11.1. The van der Waals surface area contributed by atoms with Gasteiger partial charge in [-0.25, -0.2) is 0 Å². The van der Waals surface area contributed by atoms with Crippen LogP contribution in [0.3, 0.4) is 0 Å². The topological polar surface area (TPSA) is 59.3 Å². The van der Waals surface area contributed by atoms with Gasteiger partial charge in [-0.1, -0.05) is 18.1 Å². The summed E-state index contributed by atoms with van der Waals surface area (Å²) in [6.07, 6.45) is 8.73. The Morgan fingerprint density at radius 2 is 2.15 bits per heavy atom. The molecule has 104 valence electrons. The van der Waals surface area contributed by atoms with E-state index in [1.807, 2.05) is 30.5 Å². The first-order chi connectivity index (χ1) is 9.81. The van der Waals surface area contributed by atoms with E-state index in [0.29, 0.717) is 13.1 Å². The number of aromatic nitrogens is 2. The van der Waals surface area contributed by atoms with E-state index < -0.39 is 0 Å². The Hall–Kier alpha value is -2.45. The lowest BCUT2D eigenvalue weighted by molar-refractivity contribution is 0.269. The molecule has 1 aromatic carbocycles. The fourth-order valence-corrected chi connectivity index (χ4v) is 1.71. The zero-order chi connectivity index (χ0) is 14.2. The molecule has 0 unspecified atom stereocenters. The first-order valence-electron chi connectivity index (χ1n) is 6.34. The van der Waals surface area contributed by atoms with Crippen molar-refractivity contribution < 1.29 is 9.84 Å². The molecule has 0 atom stereocenters. The largest absolute Gasteiger partial charge is 0.481 e. The molecule has 0 aliphatic heterocycles. The first kappa shape index (κ1) is 14.0. The Morgan fingerprint density at radius 3 is 2.85 bits per heavy atom. The van der Waals surface area contributed by atoms with Gasteiger partial charge in [0.05, 0.1) is 25.0 Å². The average molecular weight is 271 g/mol. The molecule has 0 radical (unpaired) electrons. The van der Waals surface area contributed by atoms with Gasteiger partial charge in [-0.05, 0) is 17.7 Å². The fourth-order valence-electron chi connectivity index (χ4n) is 1.71. The van der Waals surface area contributed by atoms with Crippen LogP contribution in [-0.2, 0) is 13.1 Å². The van der Waals surface area contributed by atoms with E-state index in [1.54, 1.807) is 10.9 Å². The summed E-state index contributed by atoms with van der Waals surface area (Å²) in [5, 5.41) is 16.2. The molecular formula is C15H17N3O2. The molecule has 0 saturated carbocycles. The van der Waals surface area contributed by atoms with Crippen molar-refractivity contribution in [3.05, 3.63) is 42.2 Å². The van der Waals surface area contributed by atoms with Crippen molar-refractivity contribution in [3.8, 4) is 18.1 Å². The molecule has 0 aliphatic rings. The van der Waals surface area contributed by atoms with Crippen LogP contribution in [0.4, 0.5) is 5.69 Å². The molecule has 1 aromatic heterocycles. The Labute approximate surface area is 118 Å². The minimum Gasteiger partial charge on any atom is -0.481 e. The lowest BCUT2D eigenvalue weighted by atomic mass is 10.2. The molecule has 0 fully saturated rings. The first-order valence-corrected chi connectivity index (χ1v) is 6.34. The highest BCUT2D eigenvalue weighted by molar-refractivity contribution is 5.39. The van der Waals surface area contributed by atoms with E-state index in [-0.39, 0.29) is 13.2 Å². The van der Waals surface area contributed by atoms with Crippen molar-refractivity contribution in [1.82, 2.24) is 9.78 Å². The van der Waals surface area contributed by atoms with E-state index in [0.717, 1.165) is 17.0 Å². The highest BCUT2D eigenvalue weighted by Gasteiger charge is 1.99. The molecule has 0 spiro atoms. The predicted octanol–water partition coefficient (Wildman–Crippen LogP) is 1.50. The standard InChI is InChI=1S/C15H17N3O2/c1-2-9-20-15-5-3-13(4-6-15)10-16-14-11-17-18(12-14)7-8-19/h1,3-6,11-12,16,19H,7-10H2. The van der Waals surface area contributed by atoms with Crippen molar-refractivity contribution in [1.29, 1.82) is 0 Å². The minimum atomic E-state index is 0.0836. The summed E-state index contributed by atoms with van der Waals surface area (Å²) in [4.78, 5) is 0. The van der Waals surface area contributed by atoms with Crippen molar-refractivity contribution >= 4 is 5.69 Å². The van der Waals surface area contributed by atoms with Gasteiger partial charge in [0.2, 0.25) is 0 Å². The van der Waals surface area contributed by atoms with Crippen molar-refractivity contribution in [2.75, 3.05) is 18.5 Å². The molecule has 2 aromatic rings. The smallest absolute Gasteiger partial charge is 0.148 e. The molecular weight excluding hydrogens is 254 g/mol. The Kier molecular flexibility index (Phi) is 5.04. The van der Waals surface area contributed by atoms with Crippen LogP contribution in [0.2, 0.25) is 0 Å². The van der Waals surface area contributed by atoms with E-state index in [9.17, 15) is 0 Å². The molecule has 2 N–H and O–H groups in total. The summed E-state index contributed by atoms with van der Waals surface area (Å²) in [6, 6.07) is 7.75. The second-order valence-corrected chi connectivity index (χ2v) is 4.21. The van der Waals surface area contributed by atoms with Crippen LogP contribution in [0.25, 0.3) is 0 Å². The number of nitrogens with one attached hydrogen (secondary N) is 1. The highest BCUT2D eigenvalue weighted by Crippen LogP contribution is 2.13. The second kappa shape index (κ2) is 7.22. The summed E-state index contributed by atoms with van der Waals surface area (Å²) in [5.74, 6) is 3.19. The lowest BCUT2D eigenvalue weighted by Gasteiger charge is -2.06. The van der Waals surface area contributed by atoms with Crippen LogP contribution in [0, 0.1) is 12.3 Å². The third kappa shape index (κ3) is 4.04. The number of hydrogen-bond acceptors (Lipinski definition) is 4. The molecule has 0 amide bonds. The normalized spacial score (nSPS) is 10.0. The van der Waals surface area contributed by atoms with Gasteiger partial charge < -0.3 is 15.2 Å². The number of aliphatic hydroxyl groups excluding tert-OH is 1. The van der Waals surface area contributed by atoms with Gasteiger partial charge in [-0.15, -0.1) is 6.42 Å². The summed E-state index contributed by atoms with van der Waals surface area (Å²) in [7, 11) is 0. The molecule has 0 bridgehead atoms. The Balaban J connectivity index is 1.85. The Morgan fingerprint density at radius 1 is 1.35 bits per heavy atom. The molecule has 0 aliphatic carbocycles. The minimum absolute atomic E-state index is 0.0836. The SMILES string of the molecule is C#CCOc1ccc(CNc2cnn(CCO)c2)cc1. The van der Waals surface area contributed by atoms with E-state index in [1.165, 1.54) is 0 Å². The molecule has 0 saturated heterocycles. The fraction of sp³-hybridized carbons (Fsp3) is 0.267. The third-order valence-electron chi connectivity index (χ3n) is 2.70. The average Bonchev–Trinajstić information content (AvgIpc) is 2.92. The lowest BCUT2D eigenvalue weighted by Crippen LogP contribution is -2.02. The van der Waals surface area contributed by atoms with Gasteiger partial charge in [0.15, 0.2) is 0 Å². The van der Waals surface area contributed by atoms with E-state index in [4.69, 9.17) is 16.3 Å². The van der Waals surface area contributed by atoms with Crippen LogP contribution in [0.5, 0.6) is 5.75 Å². The molecule has 20 heavy (non-hydrogen) atoms. The number of benzene rings is 1. The summed E-state index contributed by atoms with van der Waals surface area (Å²) in [5.41, 5.74) is 2.05. The number of ether oxygens (including phenoxy) is 1. The number of nitrogens with zero attached hydrogens (tertiary/aromatic N) is 2. The second-order valence-electron chi connectivity index (χ2n) is 4.21. The van der Waals surface area contributed by atoms with Gasteiger partial charge in [-0.2, -0.15) is 5.10 Å². The van der Waals surface area contributed by atoms with E-state index in [2.05, 4.69) is 16.3 Å². The predicted molar refractivity (Wildman–Crippen MR) is 77.4 cm³/mol. The maximum atomic E-state index is 8.82. The number of hydrogen-bond donors (Lipinski definition) is 2. The quantitative estimate of drug-likeness (QED) is 0.749. The van der Waals surface area contributed by atoms with Crippen LogP contribution in [0.1, 0.15) is 5.56 Å². The van der Waals surface area contributed by atoms with Gasteiger partial charge >= 0.3 is 0 Å². The molecule has 5 nitrogen and oxygen atoms in total. The van der Waals surface area contributed by atoms with Gasteiger partial charge in [-0.3, -0.25) is 4.68 Å². The molecule has 1 heterocycles. The van der Waals surface area contributed by atoms with Crippen LogP contribution in [0.15, 0.2) is 36.7 Å². The third-order valence-corrected chi connectivity index (χ3v) is 2.70. The van der Waals surface area contributed by atoms with Crippen molar-refractivity contribution in [2.45, 2.75) is 13.1 Å². The summed E-state index contributed by atoms with van der Waals surface area (Å²) < 4.78 is 7.00. The highest BCUT2D eigenvalue weighted by atomic mass is 16.5. The van der Waals surface area contributed by atoms with Crippen molar-refractivity contribution in [3.63, 3.8) is 0 Å². The summed E-state index contributed by atoms with van der Waals surface area (Å²) >= 11 is 0. The zero-order valence-electron chi connectivity index (χ0n) is 11.1. The van der Waals surface area contributed by atoms with Crippen LogP contribution >= 0.6 is 0 Å². The Bertz CT molecular complexity index is 570. The maximum absolute atomic E-state index is 8.82. The molecule has 2 rings (SSSR count). The molecule has 5 heteroatoms. The number of aliphatic hydroxyl groups is 1. The maximum Gasteiger partial charge on any atom is 0.148 e. The van der Waals surface area contributed by atoms with Crippen LogP contribution in [-0.4, -0.2) is 28.1 Å². The van der Waals surface area contributed by atoms with Gasteiger partial charge in [0, 0.05) is 12.7 Å². The number of terminal acetylenes is 1. The number of rotatable bonds is 7. The van der Waals surface area contributed by atoms with E-state index >= 15 is 0 Å². The number of anilines is 1. The van der Waals surface area contributed by atoms with Gasteiger partial charge in [0.1, 0.15) is 12.4 Å². The van der Waals surface area contributed by atoms with Crippen LogP contribution < -0.4 is 10.1 Å². The summed E-state index contributed by atoms with van der Waals surface area (Å²) in [6.45, 7) is 1.56. The van der Waals surface area contributed by atoms with Gasteiger partial charge in [0.25, 0.3) is 0 Å². The monoisotopic (exact) mass is 271 g/mol. The van der Waals surface area contributed by atoms with Crippen molar-refractivity contribution in [2.24, 2.45) is 0 Å².